The summed E-state index contributed by atoms with van der Waals surface area (Å²) in [7, 11) is 1.53. The van der Waals surface area contributed by atoms with E-state index in [9.17, 15) is 9.50 Å². The van der Waals surface area contributed by atoms with Gasteiger partial charge < -0.3 is 20.1 Å². The Balaban J connectivity index is 1.59. The lowest BCUT2D eigenvalue weighted by molar-refractivity contribution is 0.198. The van der Waals surface area contributed by atoms with E-state index in [1.165, 1.54) is 7.11 Å². The van der Waals surface area contributed by atoms with Crippen molar-refractivity contribution in [3.05, 3.63) is 35.5 Å². The number of aliphatic hydroxyl groups excluding tert-OH is 1. The number of hydrogen-bond donors (Lipinski definition) is 2. The van der Waals surface area contributed by atoms with Gasteiger partial charge in [0.15, 0.2) is 5.82 Å². The normalized spacial score (nSPS) is 24.1. The topological polar surface area (TPSA) is 88.3 Å². The number of halogens is 1. The van der Waals surface area contributed by atoms with Crippen LogP contribution in [0.2, 0.25) is 0 Å². The number of fused-ring (bicyclic) bond motifs is 1. The zero-order valence-corrected chi connectivity index (χ0v) is 17.8. The minimum absolute atomic E-state index is 0.129. The van der Waals surface area contributed by atoms with E-state index in [4.69, 9.17) is 4.74 Å². The zero-order valence-electron chi connectivity index (χ0n) is 17.8. The highest BCUT2D eigenvalue weighted by molar-refractivity contribution is 5.82. The number of piperidine rings is 1. The molecule has 0 bridgehead atoms. The maximum atomic E-state index is 14.7. The molecule has 2 aliphatic rings. The summed E-state index contributed by atoms with van der Waals surface area (Å²) in [4.78, 5) is 11.0. The van der Waals surface area contributed by atoms with E-state index in [1.54, 1.807) is 10.9 Å². The molecule has 3 aromatic rings. The van der Waals surface area contributed by atoms with Crippen molar-refractivity contribution >= 4 is 16.7 Å². The number of aromatic nitrogens is 4. The molecule has 1 unspecified atom stereocenters. The molecular formula is C22H27FN6O2. The zero-order chi connectivity index (χ0) is 21.5. The number of nitrogens with zero attached hydrogens (tertiary/aromatic N) is 5. The summed E-state index contributed by atoms with van der Waals surface area (Å²) in [5.74, 6) is 1.14. The number of rotatable bonds is 4. The Labute approximate surface area is 180 Å². The van der Waals surface area contributed by atoms with Crippen LogP contribution in [0.15, 0.2) is 24.4 Å². The third-order valence-corrected chi connectivity index (χ3v) is 6.33. The largest absolute Gasteiger partial charge is 0.467 e. The van der Waals surface area contributed by atoms with Gasteiger partial charge in [-0.15, -0.1) is 0 Å². The number of β-amino-alcohol motifs (C(OH)–C–C–N with tert-alkyl or cyclic N) is 1. The molecule has 5 rings (SSSR count). The van der Waals surface area contributed by atoms with Crippen molar-refractivity contribution < 1.29 is 14.2 Å². The van der Waals surface area contributed by atoms with E-state index in [0.717, 1.165) is 41.5 Å². The van der Waals surface area contributed by atoms with Crippen LogP contribution in [-0.2, 0) is 0 Å². The number of benzene rings is 1. The van der Waals surface area contributed by atoms with Crippen molar-refractivity contribution in [2.24, 2.45) is 0 Å². The second-order valence-corrected chi connectivity index (χ2v) is 8.40. The average Bonchev–Trinajstić information content (AvgIpc) is 3.39. The van der Waals surface area contributed by atoms with E-state index < -0.39 is 6.17 Å². The van der Waals surface area contributed by atoms with E-state index in [0.29, 0.717) is 31.1 Å². The van der Waals surface area contributed by atoms with Gasteiger partial charge in [-0.25, -0.2) is 9.07 Å². The Morgan fingerprint density at radius 2 is 2.03 bits per heavy atom. The SMILES string of the molecule is COc1nc(N2CCC(O)C2)cc(-n2ncc3cc(C)c([C@@H]4CCNC[C@H]4F)cc32)n1. The van der Waals surface area contributed by atoms with Crippen molar-refractivity contribution in [1.29, 1.82) is 0 Å². The van der Waals surface area contributed by atoms with Crippen molar-refractivity contribution in [1.82, 2.24) is 25.1 Å². The van der Waals surface area contributed by atoms with Crippen molar-refractivity contribution in [3.8, 4) is 11.8 Å². The third-order valence-electron chi connectivity index (χ3n) is 6.33. The summed E-state index contributed by atoms with van der Waals surface area (Å²) < 4.78 is 21.8. The van der Waals surface area contributed by atoms with Gasteiger partial charge in [-0.1, -0.05) is 0 Å². The van der Waals surface area contributed by atoms with Crippen LogP contribution < -0.4 is 15.0 Å². The molecule has 1 aromatic carbocycles. The lowest BCUT2D eigenvalue weighted by atomic mass is 9.85. The molecule has 8 nitrogen and oxygen atoms in total. The molecule has 2 fully saturated rings. The minimum atomic E-state index is -0.909. The van der Waals surface area contributed by atoms with Gasteiger partial charge in [0.05, 0.1) is 24.9 Å². The lowest BCUT2D eigenvalue weighted by Crippen LogP contribution is -2.36. The van der Waals surface area contributed by atoms with Crippen LogP contribution in [0.5, 0.6) is 6.01 Å². The van der Waals surface area contributed by atoms with Crippen molar-refractivity contribution in [2.45, 2.75) is 38.0 Å². The van der Waals surface area contributed by atoms with Crippen molar-refractivity contribution in [2.75, 3.05) is 38.2 Å². The smallest absolute Gasteiger partial charge is 0.320 e. The van der Waals surface area contributed by atoms with Crippen LogP contribution in [0.25, 0.3) is 16.7 Å². The summed E-state index contributed by atoms with van der Waals surface area (Å²) in [6.07, 6.45) is 2.00. The molecule has 3 atom stereocenters. The van der Waals surface area contributed by atoms with Crippen LogP contribution in [-0.4, -0.2) is 70.4 Å². The number of nitrogens with one attached hydrogen (secondary N) is 1. The van der Waals surface area contributed by atoms with Crippen LogP contribution in [0, 0.1) is 6.92 Å². The van der Waals surface area contributed by atoms with Gasteiger partial charge in [0, 0.05) is 37.0 Å². The first kappa shape index (κ1) is 20.1. The maximum Gasteiger partial charge on any atom is 0.320 e. The Hall–Kier alpha value is -2.78. The fraction of sp³-hybridized carbons (Fsp3) is 0.500. The highest BCUT2D eigenvalue weighted by atomic mass is 19.1. The molecular weight excluding hydrogens is 399 g/mol. The predicted octanol–water partition coefficient (Wildman–Crippen LogP) is 2.12. The van der Waals surface area contributed by atoms with Crippen LogP contribution in [0.1, 0.15) is 29.9 Å². The second-order valence-electron chi connectivity index (χ2n) is 8.40. The first-order valence-corrected chi connectivity index (χ1v) is 10.7. The molecule has 2 N–H and O–H groups in total. The van der Waals surface area contributed by atoms with Gasteiger partial charge in [0.25, 0.3) is 0 Å². The molecule has 31 heavy (non-hydrogen) atoms. The van der Waals surface area contributed by atoms with Gasteiger partial charge in [-0.3, -0.25) is 0 Å². The molecule has 0 radical (unpaired) electrons. The van der Waals surface area contributed by atoms with Crippen molar-refractivity contribution in [3.63, 3.8) is 0 Å². The number of alkyl halides is 1. The fourth-order valence-corrected chi connectivity index (χ4v) is 4.67. The summed E-state index contributed by atoms with van der Waals surface area (Å²) in [5.41, 5.74) is 2.97. The molecule has 164 valence electrons. The van der Waals surface area contributed by atoms with Gasteiger partial charge in [0.1, 0.15) is 12.0 Å². The first-order chi connectivity index (χ1) is 15.0. The van der Waals surface area contributed by atoms with Gasteiger partial charge >= 0.3 is 6.01 Å². The third kappa shape index (κ3) is 3.72. The Morgan fingerprint density at radius 1 is 1.19 bits per heavy atom. The number of aliphatic hydroxyl groups is 1. The van der Waals surface area contributed by atoms with Crippen LogP contribution >= 0.6 is 0 Å². The number of ether oxygens (including phenoxy) is 1. The van der Waals surface area contributed by atoms with Gasteiger partial charge in [-0.2, -0.15) is 15.1 Å². The molecule has 0 spiro atoms. The van der Waals surface area contributed by atoms with E-state index >= 15 is 0 Å². The summed E-state index contributed by atoms with van der Waals surface area (Å²) >= 11 is 0. The lowest BCUT2D eigenvalue weighted by Gasteiger charge is -2.28. The molecule has 2 aliphatic heterocycles. The van der Waals surface area contributed by atoms with E-state index in [-0.39, 0.29) is 18.0 Å². The van der Waals surface area contributed by atoms with Crippen LogP contribution in [0.4, 0.5) is 10.2 Å². The molecule has 2 saturated heterocycles. The summed E-state index contributed by atoms with van der Waals surface area (Å²) in [6.45, 7) is 4.48. The van der Waals surface area contributed by atoms with E-state index in [1.807, 2.05) is 24.0 Å². The molecule has 9 heteroatoms. The summed E-state index contributed by atoms with van der Waals surface area (Å²) in [5, 5.41) is 18.6. The predicted molar refractivity (Wildman–Crippen MR) is 116 cm³/mol. The summed E-state index contributed by atoms with van der Waals surface area (Å²) in [6, 6.07) is 6.22. The van der Waals surface area contributed by atoms with Gasteiger partial charge in [0.2, 0.25) is 0 Å². The Kier molecular flexibility index (Phi) is 5.23. The first-order valence-electron chi connectivity index (χ1n) is 10.7. The minimum Gasteiger partial charge on any atom is -0.467 e. The number of hydrogen-bond acceptors (Lipinski definition) is 7. The second kappa shape index (κ2) is 8.05. The highest BCUT2D eigenvalue weighted by Crippen LogP contribution is 2.33. The van der Waals surface area contributed by atoms with Gasteiger partial charge in [-0.05, 0) is 49.6 Å². The quantitative estimate of drug-likeness (QED) is 0.661. The molecule has 0 aliphatic carbocycles. The standard InChI is InChI=1S/C22H27FN6O2/c1-13-7-14-10-25-29(19(14)8-17(13)16-3-5-24-11-18(16)23)21-9-20(26-22(27-21)31-2)28-6-4-15(30)12-28/h7-10,15-16,18,24,30H,3-6,11-12H2,1-2H3/t15?,16-,18+/m0/s1. The number of anilines is 1. The Bertz CT molecular complexity index is 1100. The highest BCUT2D eigenvalue weighted by Gasteiger charge is 2.28. The fourth-order valence-electron chi connectivity index (χ4n) is 4.67. The molecule has 2 aromatic heterocycles. The average molecular weight is 426 g/mol. The molecule has 4 heterocycles. The number of aryl methyl sites for hydroxylation is 1. The molecule has 0 saturated carbocycles. The molecule has 0 amide bonds. The maximum absolute atomic E-state index is 14.7. The monoisotopic (exact) mass is 426 g/mol. The number of methoxy groups -OCH3 is 1. The van der Waals surface area contributed by atoms with Crippen LogP contribution in [0.3, 0.4) is 0 Å². The Morgan fingerprint density at radius 3 is 2.77 bits per heavy atom. The van der Waals surface area contributed by atoms with E-state index in [2.05, 4.69) is 26.4 Å².